The Balaban J connectivity index is 2.10. The predicted octanol–water partition coefficient (Wildman–Crippen LogP) is 4.78. The van der Waals surface area contributed by atoms with Gasteiger partial charge in [0.1, 0.15) is 0 Å². The standard InChI is InChI=1S/C18H22ClN/c1-13(2)9-14-5-3-7-16(10-14)18(20)12-15-6-4-8-17(19)11-15/h3-8,10-11,13,18H,9,12,20H2,1-2H3. The summed E-state index contributed by atoms with van der Waals surface area (Å²) in [6.07, 6.45) is 1.91. The maximum atomic E-state index is 6.33. The second-order valence-electron chi connectivity index (χ2n) is 5.78. The fourth-order valence-corrected chi connectivity index (χ4v) is 2.67. The molecule has 0 spiro atoms. The first-order chi connectivity index (χ1) is 9.54. The van der Waals surface area contributed by atoms with Crippen molar-refractivity contribution in [3.63, 3.8) is 0 Å². The van der Waals surface area contributed by atoms with Gasteiger partial charge in [-0.3, -0.25) is 0 Å². The van der Waals surface area contributed by atoms with Gasteiger partial charge in [-0.1, -0.05) is 61.8 Å². The van der Waals surface area contributed by atoms with Gasteiger partial charge in [0.25, 0.3) is 0 Å². The molecule has 0 aliphatic carbocycles. The van der Waals surface area contributed by atoms with Crippen LogP contribution < -0.4 is 5.73 Å². The molecule has 2 rings (SSSR count). The van der Waals surface area contributed by atoms with Gasteiger partial charge in [-0.05, 0) is 47.6 Å². The van der Waals surface area contributed by atoms with Crippen LogP contribution in [0.3, 0.4) is 0 Å². The van der Waals surface area contributed by atoms with Crippen LogP contribution in [0.2, 0.25) is 5.02 Å². The van der Waals surface area contributed by atoms with Crippen molar-refractivity contribution in [1.29, 1.82) is 0 Å². The van der Waals surface area contributed by atoms with Gasteiger partial charge in [-0.2, -0.15) is 0 Å². The summed E-state index contributed by atoms with van der Waals surface area (Å²) in [7, 11) is 0. The summed E-state index contributed by atoms with van der Waals surface area (Å²) in [4.78, 5) is 0. The lowest BCUT2D eigenvalue weighted by molar-refractivity contribution is 0.644. The first-order valence-corrected chi connectivity index (χ1v) is 7.51. The lowest BCUT2D eigenvalue weighted by Gasteiger charge is -2.14. The molecule has 1 nitrogen and oxygen atoms in total. The largest absolute Gasteiger partial charge is 0.324 e. The summed E-state index contributed by atoms with van der Waals surface area (Å²) < 4.78 is 0. The van der Waals surface area contributed by atoms with Gasteiger partial charge in [0.15, 0.2) is 0 Å². The highest BCUT2D eigenvalue weighted by atomic mass is 35.5. The van der Waals surface area contributed by atoms with Gasteiger partial charge < -0.3 is 5.73 Å². The van der Waals surface area contributed by atoms with E-state index in [-0.39, 0.29) is 6.04 Å². The molecule has 0 amide bonds. The Morgan fingerprint density at radius 2 is 1.60 bits per heavy atom. The van der Waals surface area contributed by atoms with E-state index in [4.69, 9.17) is 17.3 Å². The number of benzene rings is 2. The molecule has 0 radical (unpaired) electrons. The molecule has 20 heavy (non-hydrogen) atoms. The molecule has 0 heterocycles. The predicted molar refractivity (Wildman–Crippen MR) is 87.1 cm³/mol. The quantitative estimate of drug-likeness (QED) is 0.841. The molecular formula is C18H22ClN. The van der Waals surface area contributed by atoms with Crippen LogP contribution in [-0.2, 0) is 12.8 Å². The Bertz CT molecular complexity index is 563. The molecule has 0 aliphatic heterocycles. The smallest absolute Gasteiger partial charge is 0.0408 e. The van der Waals surface area contributed by atoms with E-state index in [0.29, 0.717) is 5.92 Å². The van der Waals surface area contributed by atoms with Crippen molar-refractivity contribution in [1.82, 2.24) is 0 Å². The maximum Gasteiger partial charge on any atom is 0.0408 e. The van der Waals surface area contributed by atoms with E-state index in [1.54, 1.807) is 0 Å². The van der Waals surface area contributed by atoms with Crippen LogP contribution in [0.5, 0.6) is 0 Å². The van der Waals surface area contributed by atoms with Gasteiger partial charge >= 0.3 is 0 Å². The van der Waals surface area contributed by atoms with E-state index in [1.165, 1.54) is 16.7 Å². The van der Waals surface area contributed by atoms with Crippen molar-refractivity contribution in [3.05, 3.63) is 70.2 Å². The fourth-order valence-electron chi connectivity index (χ4n) is 2.46. The molecule has 2 aromatic rings. The van der Waals surface area contributed by atoms with Crippen LogP contribution in [0.4, 0.5) is 0 Å². The first-order valence-electron chi connectivity index (χ1n) is 7.13. The van der Waals surface area contributed by atoms with Crippen molar-refractivity contribution >= 4 is 11.6 Å². The van der Waals surface area contributed by atoms with Crippen molar-refractivity contribution in [3.8, 4) is 0 Å². The molecule has 0 bridgehead atoms. The molecule has 106 valence electrons. The van der Waals surface area contributed by atoms with E-state index >= 15 is 0 Å². The lowest BCUT2D eigenvalue weighted by atomic mass is 9.95. The molecule has 0 aromatic heterocycles. The highest BCUT2D eigenvalue weighted by Gasteiger charge is 2.08. The highest BCUT2D eigenvalue weighted by Crippen LogP contribution is 2.20. The molecule has 2 N–H and O–H groups in total. The van der Waals surface area contributed by atoms with E-state index < -0.39 is 0 Å². The number of hydrogen-bond donors (Lipinski definition) is 1. The molecule has 1 atom stereocenters. The third kappa shape index (κ3) is 4.36. The normalized spacial score (nSPS) is 12.7. The van der Waals surface area contributed by atoms with Crippen LogP contribution >= 0.6 is 11.6 Å². The zero-order valence-electron chi connectivity index (χ0n) is 12.1. The molecule has 0 aliphatic rings. The Morgan fingerprint density at radius 3 is 2.25 bits per heavy atom. The summed E-state index contributed by atoms with van der Waals surface area (Å²) in [5, 5.41) is 0.767. The number of halogens is 1. The SMILES string of the molecule is CC(C)Cc1cccc(C(N)Cc2cccc(Cl)c2)c1. The summed E-state index contributed by atoms with van der Waals surface area (Å²) in [5.41, 5.74) is 10.1. The highest BCUT2D eigenvalue weighted by molar-refractivity contribution is 6.30. The number of hydrogen-bond acceptors (Lipinski definition) is 1. The second-order valence-corrected chi connectivity index (χ2v) is 6.22. The Kier molecular flexibility index (Phi) is 5.22. The average Bonchev–Trinajstić information content (AvgIpc) is 2.38. The van der Waals surface area contributed by atoms with Crippen LogP contribution in [-0.4, -0.2) is 0 Å². The lowest BCUT2D eigenvalue weighted by Crippen LogP contribution is -2.13. The van der Waals surface area contributed by atoms with Crippen LogP contribution in [0.1, 0.15) is 36.6 Å². The molecule has 0 saturated heterocycles. The van der Waals surface area contributed by atoms with Crippen molar-refractivity contribution in [2.24, 2.45) is 11.7 Å². The summed E-state index contributed by atoms with van der Waals surface area (Å²) in [6, 6.07) is 16.6. The topological polar surface area (TPSA) is 26.0 Å². The van der Waals surface area contributed by atoms with E-state index in [0.717, 1.165) is 17.9 Å². The monoisotopic (exact) mass is 287 g/mol. The molecule has 2 aromatic carbocycles. The molecule has 2 heteroatoms. The fraction of sp³-hybridized carbons (Fsp3) is 0.333. The average molecular weight is 288 g/mol. The molecule has 1 unspecified atom stereocenters. The van der Waals surface area contributed by atoms with Crippen LogP contribution in [0.25, 0.3) is 0 Å². The first kappa shape index (κ1) is 15.1. The Labute approximate surface area is 126 Å². The van der Waals surface area contributed by atoms with E-state index in [9.17, 15) is 0 Å². The maximum absolute atomic E-state index is 6.33. The van der Waals surface area contributed by atoms with Gasteiger partial charge in [0.2, 0.25) is 0 Å². The molecule has 0 saturated carbocycles. The van der Waals surface area contributed by atoms with Crippen molar-refractivity contribution in [2.75, 3.05) is 0 Å². The minimum atomic E-state index is 0.0144. The Morgan fingerprint density at radius 1 is 0.950 bits per heavy atom. The third-order valence-electron chi connectivity index (χ3n) is 3.37. The van der Waals surface area contributed by atoms with Crippen molar-refractivity contribution < 1.29 is 0 Å². The second kappa shape index (κ2) is 6.92. The minimum absolute atomic E-state index is 0.0144. The molecular weight excluding hydrogens is 266 g/mol. The zero-order valence-corrected chi connectivity index (χ0v) is 12.9. The van der Waals surface area contributed by atoms with Crippen LogP contribution in [0, 0.1) is 5.92 Å². The van der Waals surface area contributed by atoms with Gasteiger partial charge in [0, 0.05) is 11.1 Å². The third-order valence-corrected chi connectivity index (χ3v) is 3.60. The summed E-state index contributed by atoms with van der Waals surface area (Å²) in [6.45, 7) is 4.47. The van der Waals surface area contributed by atoms with Crippen LogP contribution in [0.15, 0.2) is 48.5 Å². The van der Waals surface area contributed by atoms with Gasteiger partial charge in [-0.25, -0.2) is 0 Å². The van der Waals surface area contributed by atoms with Gasteiger partial charge in [-0.15, -0.1) is 0 Å². The van der Waals surface area contributed by atoms with E-state index in [1.807, 2.05) is 18.2 Å². The van der Waals surface area contributed by atoms with E-state index in [2.05, 4.69) is 44.2 Å². The summed E-state index contributed by atoms with van der Waals surface area (Å²) in [5.74, 6) is 0.661. The van der Waals surface area contributed by atoms with Crippen molar-refractivity contribution in [2.45, 2.75) is 32.7 Å². The number of nitrogens with two attached hydrogens (primary N) is 1. The zero-order chi connectivity index (χ0) is 14.5. The summed E-state index contributed by atoms with van der Waals surface area (Å²) >= 11 is 6.02. The minimum Gasteiger partial charge on any atom is -0.324 e. The Hall–Kier alpha value is -1.31. The number of rotatable bonds is 5. The van der Waals surface area contributed by atoms with Gasteiger partial charge in [0.05, 0.1) is 0 Å². The molecule has 0 fully saturated rings.